The van der Waals surface area contributed by atoms with Crippen molar-refractivity contribution in [2.75, 3.05) is 0 Å². The topological polar surface area (TPSA) is 0 Å². The van der Waals surface area contributed by atoms with E-state index in [2.05, 4.69) is 32.9 Å². The Balaban J connectivity index is 2.47. The molecule has 0 bridgehead atoms. The summed E-state index contributed by atoms with van der Waals surface area (Å²) in [5, 5.41) is 0. The van der Waals surface area contributed by atoms with Crippen LogP contribution in [0.1, 0.15) is 117 Å². The third kappa shape index (κ3) is 8.77. The van der Waals surface area contributed by atoms with Gasteiger partial charge in [-0.15, -0.1) is 0 Å². The fourth-order valence-electron chi connectivity index (χ4n) is 3.83. The number of unbranched alkanes of at least 4 members (excludes halogenated alkanes) is 9. The molecule has 0 saturated carbocycles. The highest BCUT2D eigenvalue weighted by Crippen LogP contribution is 2.35. The predicted molar refractivity (Wildman–Crippen MR) is 106 cm³/mol. The van der Waals surface area contributed by atoms with E-state index >= 15 is 0 Å². The molecule has 0 heteroatoms. The van der Waals surface area contributed by atoms with Gasteiger partial charge in [-0.3, -0.25) is 0 Å². The van der Waals surface area contributed by atoms with E-state index < -0.39 is 0 Å². The molecule has 0 spiro atoms. The van der Waals surface area contributed by atoms with Crippen LogP contribution in [0.5, 0.6) is 0 Å². The minimum atomic E-state index is 0.787. The summed E-state index contributed by atoms with van der Waals surface area (Å²) in [6, 6.07) is 0. The van der Waals surface area contributed by atoms with Gasteiger partial charge in [-0.05, 0) is 43.6 Å². The second-order valence-corrected chi connectivity index (χ2v) is 7.49. The Bertz CT molecular complexity index is 334. The largest absolute Gasteiger partial charge is 0.0771 e. The lowest BCUT2D eigenvalue weighted by Gasteiger charge is -2.16. The van der Waals surface area contributed by atoms with E-state index in [1.54, 1.807) is 5.57 Å². The van der Waals surface area contributed by atoms with Gasteiger partial charge in [0.15, 0.2) is 0 Å². The van der Waals surface area contributed by atoms with Gasteiger partial charge in [0.1, 0.15) is 0 Å². The first-order chi connectivity index (χ1) is 11.3. The molecular weight excluding hydrogens is 276 g/mol. The third-order valence-electron chi connectivity index (χ3n) is 5.36. The summed E-state index contributed by atoms with van der Waals surface area (Å²) in [6.07, 6.45) is 25.9. The van der Waals surface area contributed by atoms with Crippen molar-refractivity contribution in [3.8, 4) is 0 Å². The molecule has 0 aromatic rings. The van der Waals surface area contributed by atoms with Crippen LogP contribution >= 0.6 is 0 Å². The fraction of sp³-hybridized carbons (Fsp3) is 0.826. The molecule has 0 heterocycles. The van der Waals surface area contributed by atoms with Gasteiger partial charge in [-0.1, -0.05) is 103 Å². The quantitative estimate of drug-likeness (QED) is 0.266. The third-order valence-corrected chi connectivity index (χ3v) is 5.36. The number of hydrogen-bond donors (Lipinski definition) is 0. The van der Waals surface area contributed by atoms with Gasteiger partial charge < -0.3 is 0 Å². The molecule has 0 aliphatic heterocycles. The summed E-state index contributed by atoms with van der Waals surface area (Å²) in [5.41, 5.74) is 3.55. The first-order valence-corrected chi connectivity index (χ1v) is 10.7. The minimum Gasteiger partial charge on any atom is -0.0771 e. The Hall–Kier alpha value is -0.520. The molecule has 0 fully saturated rings. The average molecular weight is 319 g/mol. The van der Waals surface area contributed by atoms with Crippen molar-refractivity contribution in [1.29, 1.82) is 0 Å². The molecule has 0 aromatic heterocycles. The smallest absolute Gasteiger partial charge is 0.00142 e. The molecule has 1 rings (SSSR count). The highest BCUT2D eigenvalue weighted by Gasteiger charge is 2.19. The van der Waals surface area contributed by atoms with Crippen LogP contribution in [-0.4, -0.2) is 0 Å². The Kier molecular flexibility index (Phi) is 12.4. The molecule has 1 atom stereocenters. The molecule has 0 N–H and O–H groups in total. The maximum atomic E-state index is 2.54. The normalized spacial score (nSPS) is 17.4. The average Bonchev–Trinajstić information content (AvgIpc) is 2.94. The Morgan fingerprint density at radius 3 is 1.83 bits per heavy atom. The number of hydrogen-bond acceptors (Lipinski definition) is 0. The van der Waals surface area contributed by atoms with Crippen molar-refractivity contribution in [3.63, 3.8) is 0 Å². The zero-order valence-electron chi connectivity index (χ0n) is 16.3. The first-order valence-electron chi connectivity index (χ1n) is 10.7. The van der Waals surface area contributed by atoms with E-state index in [1.807, 2.05) is 5.57 Å². The first kappa shape index (κ1) is 20.5. The molecule has 0 aromatic carbocycles. The van der Waals surface area contributed by atoms with Crippen LogP contribution in [0.3, 0.4) is 0 Å². The molecule has 0 radical (unpaired) electrons. The Morgan fingerprint density at radius 2 is 1.22 bits per heavy atom. The van der Waals surface area contributed by atoms with E-state index in [4.69, 9.17) is 0 Å². The zero-order chi connectivity index (χ0) is 16.8. The maximum Gasteiger partial charge on any atom is -0.00142 e. The Morgan fingerprint density at radius 1 is 0.652 bits per heavy atom. The van der Waals surface area contributed by atoms with Gasteiger partial charge in [0.25, 0.3) is 0 Å². The molecule has 0 nitrogen and oxygen atoms in total. The molecule has 1 aliphatic carbocycles. The van der Waals surface area contributed by atoms with E-state index in [9.17, 15) is 0 Å². The van der Waals surface area contributed by atoms with Crippen LogP contribution in [0.25, 0.3) is 0 Å². The van der Waals surface area contributed by atoms with Crippen LogP contribution in [0.15, 0.2) is 23.3 Å². The molecule has 23 heavy (non-hydrogen) atoms. The molecule has 0 saturated heterocycles. The summed E-state index contributed by atoms with van der Waals surface area (Å²) in [6.45, 7) is 6.93. The Labute approximate surface area is 146 Å². The van der Waals surface area contributed by atoms with Gasteiger partial charge in [0.2, 0.25) is 0 Å². The van der Waals surface area contributed by atoms with Crippen LogP contribution in [0.2, 0.25) is 0 Å². The number of rotatable bonds is 15. The minimum absolute atomic E-state index is 0.787. The van der Waals surface area contributed by atoms with Crippen molar-refractivity contribution < 1.29 is 0 Å². The van der Waals surface area contributed by atoms with Crippen LogP contribution < -0.4 is 0 Å². The van der Waals surface area contributed by atoms with E-state index in [1.165, 1.54) is 96.3 Å². The molecule has 1 aliphatic rings. The van der Waals surface area contributed by atoms with Crippen LogP contribution in [0, 0.1) is 5.92 Å². The number of allylic oxidation sites excluding steroid dienone is 4. The lowest BCUT2D eigenvalue weighted by molar-refractivity contribution is 0.552. The van der Waals surface area contributed by atoms with Gasteiger partial charge in [0, 0.05) is 0 Å². The highest BCUT2D eigenvalue weighted by molar-refractivity contribution is 5.36. The van der Waals surface area contributed by atoms with Gasteiger partial charge in [-0.2, -0.15) is 0 Å². The zero-order valence-corrected chi connectivity index (χ0v) is 16.3. The van der Waals surface area contributed by atoms with E-state index in [0.717, 1.165) is 5.92 Å². The van der Waals surface area contributed by atoms with Crippen molar-refractivity contribution in [2.45, 2.75) is 117 Å². The SMILES string of the molecule is CCCCCCC1=C(CCCCCC)C(CCCCCC)C=C1. The van der Waals surface area contributed by atoms with E-state index in [0.29, 0.717) is 0 Å². The second kappa shape index (κ2) is 13.9. The van der Waals surface area contributed by atoms with Gasteiger partial charge in [0.05, 0.1) is 0 Å². The van der Waals surface area contributed by atoms with Gasteiger partial charge in [-0.25, -0.2) is 0 Å². The molecule has 0 amide bonds. The summed E-state index contributed by atoms with van der Waals surface area (Å²) >= 11 is 0. The van der Waals surface area contributed by atoms with Crippen molar-refractivity contribution >= 4 is 0 Å². The van der Waals surface area contributed by atoms with Crippen molar-refractivity contribution in [1.82, 2.24) is 0 Å². The summed E-state index contributed by atoms with van der Waals surface area (Å²) in [7, 11) is 0. The fourth-order valence-corrected chi connectivity index (χ4v) is 3.83. The standard InChI is InChI=1S/C23H42/c1-4-7-10-13-16-21-19-20-22(17-14-11-8-5-2)23(21)18-15-12-9-6-3/h19-21H,4-18H2,1-3H3. The van der Waals surface area contributed by atoms with Crippen LogP contribution in [-0.2, 0) is 0 Å². The summed E-state index contributed by atoms with van der Waals surface area (Å²) in [5.74, 6) is 0.787. The lowest BCUT2D eigenvalue weighted by Crippen LogP contribution is -2.01. The van der Waals surface area contributed by atoms with Gasteiger partial charge >= 0.3 is 0 Å². The summed E-state index contributed by atoms with van der Waals surface area (Å²) < 4.78 is 0. The summed E-state index contributed by atoms with van der Waals surface area (Å²) in [4.78, 5) is 0. The van der Waals surface area contributed by atoms with Crippen molar-refractivity contribution in [3.05, 3.63) is 23.3 Å². The molecular formula is C23H42. The molecule has 134 valence electrons. The second-order valence-electron chi connectivity index (χ2n) is 7.49. The van der Waals surface area contributed by atoms with Crippen molar-refractivity contribution in [2.24, 2.45) is 5.92 Å². The van der Waals surface area contributed by atoms with E-state index in [-0.39, 0.29) is 0 Å². The highest BCUT2D eigenvalue weighted by atomic mass is 14.2. The molecule has 1 unspecified atom stereocenters. The monoisotopic (exact) mass is 318 g/mol. The lowest BCUT2D eigenvalue weighted by atomic mass is 9.89. The predicted octanol–water partition coefficient (Wildman–Crippen LogP) is 8.38. The maximum absolute atomic E-state index is 2.54. The van der Waals surface area contributed by atoms with Crippen LogP contribution in [0.4, 0.5) is 0 Å².